The van der Waals surface area contributed by atoms with Crippen LogP contribution in [0.5, 0.6) is 0 Å². The molecular weight excluding hydrogens is 126 g/mol. The van der Waals surface area contributed by atoms with E-state index in [9.17, 15) is 5.11 Å². The van der Waals surface area contributed by atoms with E-state index in [-0.39, 0.29) is 5.92 Å². The van der Waals surface area contributed by atoms with E-state index >= 15 is 0 Å². The van der Waals surface area contributed by atoms with Crippen molar-refractivity contribution in [3.05, 3.63) is 11.5 Å². The molecule has 0 aromatic carbocycles. The number of rotatable bonds is 2. The monoisotopic (exact) mass is 141 g/mol. The van der Waals surface area contributed by atoms with Crippen LogP contribution in [0.4, 0.5) is 0 Å². The molecule has 0 radical (unpaired) electrons. The summed E-state index contributed by atoms with van der Waals surface area (Å²) >= 11 is 0. The summed E-state index contributed by atoms with van der Waals surface area (Å²) in [5.74, 6) is 0.543. The molecule has 0 saturated carbocycles. The molecule has 0 bridgehead atoms. The number of hydrogen-bond acceptors (Lipinski definition) is 2. The average molecular weight is 141 g/mol. The predicted molar refractivity (Wildman–Crippen MR) is 44.3 cm³/mol. The Labute approximate surface area is 62.3 Å². The number of hydrogen-bond donors (Lipinski definition) is 1. The maximum Gasteiger partial charge on any atom is 0.116 e. The fraction of sp³-hybridized carbons (Fsp3) is 0.625. The van der Waals surface area contributed by atoms with Gasteiger partial charge >= 0.3 is 0 Å². The van der Waals surface area contributed by atoms with Gasteiger partial charge in [0.1, 0.15) is 5.76 Å². The highest BCUT2D eigenvalue weighted by Crippen LogP contribution is 2.11. The van der Waals surface area contributed by atoms with Gasteiger partial charge in [0, 0.05) is 12.1 Å². The first-order valence-corrected chi connectivity index (χ1v) is 3.48. The number of allylic oxidation sites excluding steroid dienone is 2. The summed E-state index contributed by atoms with van der Waals surface area (Å²) in [6.45, 7) is 7.50. The quantitative estimate of drug-likeness (QED) is 0.465. The lowest BCUT2D eigenvalue weighted by Crippen LogP contribution is -1.94. The van der Waals surface area contributed by atoms with Crippen molar-refractivity contribution < 1.29 is 5.11 Å². The highest BCUT2D eigenvalue weighted by molar-refractivity contribution is 5.55. The van der Waals surface area contributed by atoms with Crippen LogP contribution in [0.15, 0.2) is 16.4 Å². The molecule has 0 aromatic heterocycles. The van der Waals surface area contributed by atoms with Gasteiger partial charge in [-0.1, -0.05) is 13.8 Å². The van der Waals surface area contributed by atoms with Gasteiger partial charge in [0.15, 0.2) is 0 Å². The summed E-state index contributed by atoms with van der Waals surface area (Å²) in [6.07, 6.45) is 1.67. The molecule has 58 valence electrons. The van der Waals surface area contributed by atoms with Crippen molar-refractivity contribution in [3.8, 4) is 0 Å². The van der Waals surface area contributed by atoms with Crippen LogP contribution in [0.1, 0.15) is 27.7 Å². The van der Waals surface area contributed by atoms with Gasteiger partial charge in [0.2, 0.25) is 0 Å². The minimum absolute atomic E-state index is 0.170. The lowest BCUT2D eigenvalue weighted by molar-refractivity contribution is 0.344. The van der Waals surface area contributed by atoms with E-state index in [1.54, 1.807) is 13.1 Å². The third-order valence-electron chi connectivity index (χ3n) is 1.24. The first kappa shape index (κ1) is 9.21. The van der Waals surface area contributed by atoms with Gasteiger partial charge in [-0.25, -0.2) is 0 Å². The van der Waals surface area contributed by atoms with Crippen LogP contribution >= 0.6 is 0 Å². The largest absolute Gasteiger partial charge is 0.510 e. The van der Waals surface area contributed by atoms with Gasteiger partial charge in [0.25, 0.3) is 0 Å². The minimum Gasteiger partial charge on any atom is -0.510 e. The maximum atomic E-state index is 9.29. The molecule has 1 N–H and O–H groups in total. The zero-order valence-electron chi connectivity index (χ0n) is 7.05. The highest BCUT2D eigenvalue weighted by atomic mass is 16.3. The molecule has 2 nitrogen and oxygen atoms in total. The topological polar surface area (TPSA) is 32.6 Å². The standard InChI is InChI=1S/C8H15NO/c1-5-9-7(4)8(10)6(2)3/h5-6,10H,1-4H3/b8-7-,9-5-. The Morgan fingerprint density at radius 2 is 2.00 bits per heavy atom. The molecule has 0 aliphatic rings. The zero-order chi connectivity index (χ0) is 8.15. The maximum absolute atomic E-state index is 9.29. The Morgan fingerprint density at radius 3 is 2.30 bits per heavy atom. The smallest absolute Gasteiger partial charge is 0.116 e. The molecule has 0 atom stereocenters. The number of nitrogens with zero attached hydrogens (tertiary/aromatic N) is 1. The highest BCUT2D eigenvalue weighted by Gasteiger charge is 2.02. The zero-order valence-corrected chi connectivity index (χ0v) is 7.05. The lowest BCUT2D eigenvalue weighted by atomic mass is 10.1. The summed E-state index contributed by atoms with van der Waals surface area (Å²) in [6, 6.07) is 0. The molecule has 0 heterocycles. The van der Waals surface area contributed by atoms with Gasteiger partial charge in [0.05, 0.1) is 5.70 Å². The van der Waals surface area contributed by atoms with Crippen molar-refractivity contribution in [2.24, 2.45) is 10.9 Å². The van der Waals surface area contributed by atoms with Gasteiger partial charge in [-0.2, -0.15) is 0 Å². The molecule has 0 fully saturated rings. The summed E-state index contributed by atoms with van der Waals surface area (Å²) < 4.78 is 0. The molecule has 0 rings (SSSR count). The Kier molecular flexibility index (Phi) is 3.77. The first-order chi connectivity index (χ1) is 4.59. The molecule has 0 saturated heterocycles. The van der Waals surface area contributed by atoms with Gasteiger partial charge in [-0.3, -0.25) is 4.99 Å². The summed E-state index contributed by atoms with van der Waals surface area (Å²) in [7, 11) is 0. The van der Waals surface area contributed by atoms with Crippen molar-refractivity contribution in [1.82, 2.24) is 0 Å². The van der Waals surface area contributed by atoms with Crippen LogP contribution in [0.25, 0.3) is 0 Å². The summed E-state index contributed by atoms with van der Waals surface area (Å²) in [4.78, 5) is 3.95. The van der Waals surface area contributed by atoms with E-state index in [4.69, 9.17) is 0 Å². The summed E-state index contributed by atoms with van der Waals surface area (Å²) in [5, 5.41) is 9.29. The Morgan fingerprint density at radius 1 is 1.50 bits per heavy atom. The molecular formula is C8H15NO. The van der Waals surface area contributed by atoms with Gasteiger partial charge < -0.3 is 5.11 Å². The second-order valence-corrected chi connectivity index (χ2v) is 2.51. The van der Waals surface area contributed by atoms with Crippen LogP contribution in [-0.4, -0.2) is 11.3 Å². The fourth-order valence-electron chi connectivity index (χ4n) is 0.678. The van der Waals surface area contributed by atoms with E-state index in [1.165, 1.54) is 0 Å². The third-order valence-corrected chi connectivity index (χ3v) is 1.24. The molecule has 0 unspecified atom stereocenters. The lowest BCUT2D eigenvalue weighted by Gasteiger charge is -2.04. The van der Waals surface area contributed by atoms with Crippen molar-refractivity contribution in [2.75, 3.05) is 0 Å². The Hall–Kier alpha value is -0.790. The molecule has 0 aliphatic carbocycles. The van der Waals surface area contributed by atoms with Crippen LogP contribution in [-0.2, 0) is 0 Å². The number of aliphatic hydroxyl groups excluding tert-OH is 1. The Balaban J connectivity index is 4.34. The van der Waals surface area contributed by atoms with E-state index in [0.717, 1.165) is 0 Å². The van der Waals surface area contributed by atoms with E-state index in [2.05, 4.69) is 4.99 Å². The van der Waals surface area contributed by atoms with Gasteiger partial charge in [-0.05, 0) is 13.8 Å². The van der Waals surface area contributed by atoms with Crippen LogP contribution < -0.4 is 0 Å². The molecule has 0 aliphatic heterocycles. The Bertz CT molecular complexity index is 157. The molecule has 0 amide bonds. The van der Waals surface area contributed by atoms with Crippen molar-refractivity contribution >= 4 is 6.21 Å². The van der Waals surface area contributed by atoms with E-state index in [0.29, 0.717) is 11.5 Å². The molecule has 10 heavy (non-hydrogen) atoms. The number of aliphatic imine (C=N–C) groups is 1. The van der Waals surface area contributed by atoms with Crippen LogP contribution in [0.2, 0.25) is 0 Å². The van der Waals surface area contributed by atoms with Crippen molar-refractivity contribution in [2.45, 2.75) is 27.7 Å². The van der Waals surface area contributed by atoms with Crippen LogP contribution in [0.3, 0.4) is 0 Å². The van der Waals surface area contributed by atoms with Gasteiger partial charge in [-0.15, -0.1) is 0 Å². The number of aliphatic hydroxyl groups is 1. The first-order valence-electron chi connectivity index (χ1n) is 3.48. The molecule has 0 spiro atoms. The third kappa shape index (κ3) is 2.67. The molecule has 0 aromatic rings. The second-order valence-electron chi connectivity index (χ2n) is 2.51. The predicted octanol–water partition coefficient (Wildman–Crippen LogP) is 2.52. The average Bonchev–Trinajstić information content (AvgIpc) is 1.87. The second kappa shape index (κ2) is 4.09. The molecule has 2 heteroatoms. The van der Waals surface area contributed by atoms with E-state index < -0.39 is 0 Å². The van der Waals surface area contributed by atoms with Crippen molar-refractivity contribution in [1.29, 1.82) is 0 Å². The minimum atomic E-state index is 0.170. The van der Waals surface area contributed by atoms with Crippen LogP contribution in [0, 0.1) is 5.92 Å². The SMILES string of the molecule is C/C=N\C(C)=C(/O)C(C)C. The fourth-order valence-corrected chi connectivity index (χ4v) is 0.678. The summed E-state index contributed by atoms with van der Waals surface area (Å²) in [5.41, 5.74) is 0.706. The van der Waals surface area contributed by atoms with E-state index in [1.807, 2.05) is 20.8 Å². The normalized spacial score (nSPS) is 14.5. The van der Waals surface area contributed by atoms with Crippen molar-refractivity contribution in [3.63, 3.8) is 0 Å².